The zero-order valence-corrected chi connectivity index (χ0v) is 15.6. The van der Waals surface area contributed by atoms with Crippen molar-refractivity contribution in [3.63, 3.8) is 0 Å². The molecule has 0 aliphatic heterocycles. The number of hydrogen-bond donors (Lipinski definition) is 0. The van der Waals surface area contributed by atoms with Gasteiger partial charge in [0.25, 0.3) is 5.69 Å². The molecule has 0 bridgehead atoms. The highest BCUT2D eigenvalue weighted by atomic mass is 32.2. The van der Waals surface area contributed by atoms with Crippen molar-refractivity contribution in [1.29, 1.82) is 0 Å². The second-order valence-electron chi connectivity index (χ2n) is 5.43. The van der Waals surface area contributed by atoms with Gasteiger partial charge in [0, 0.05) is 13.1 Å². The highest BCUT2D eigenvalue weighted by Gasteiger charge is 2.27. The zero-order valence-electron chi connectivity index (χ0n) is 13.9. The van der Waals surface area contributed by atoms with E-state index in [1.54, 1.807) is 0 Å². The van der Waals surface area contributed by atoms with Crippen molar-refractivity contribution in [2.75, 3.05) is 14.2 Å². The number of nitro benzene ring substituents is 1. The van der Waals surface area contributed by atoms with E-state index in [0.29, 0.717) is 5.01 Å². The van der Waals surface area contributed by atoms with E-state index in [1.807, 2.05) is 24.3 Å². The number of methoxy groups -OCH3 is 1. The fourth-order valence-electron chi connectivity index (χ4n) is 2.41. The van der Waals surface area contributed by atoms with E-state index in [1.165, 1.54) is 31.6 Å². The number of ether oxygens (including phenoxy) is 1. The van der Waals surface area contributed by atoms with Crippen LogP contribution in [0.1, 0.15) is 5.01 Å². The quantitative estimate of drug-likeness (QED) is 0.471. The predicted octanol–water partition coefficient (Wildman–Crippen LogP) is 3.03. The average Bonchev–Trinajstić information content (AvgIpc) is 3.03. The summed E-state index contributed by atoms with van der Waals surface area (Å²) in [5.74, 6) is -0.0738. The normalized spacial score (nSPS) is 11.8. The third-order valence-corrected chi connectivity index (χ3v) is 6.61. The number of aromatic nitrogens is 1. The van der Waals surface area contributed by atoms with Crippen molar-refractivity contribution in [3.05, 3.63) is 57.6 Å². The minimum Gasteiger partial charge on any atom is -0.495 e. The fraction of sp³-hybridized carbons (Fsp3) is 0.188. The number of para-hydroxylation sites is 1. The number of nitrogens with zero attached hydrogens (tertiary/aromatic N) is 3. The molecule has 0 fully saturated rings. The van der Waals surface area contributed by atoms with Gasteiger partial charge in [-0.05, 0) is 18.2 Å². The topological polar surface area (TPSA) is 103 Å². The summed E-state index contributed by atoms with van der Waals surface area (Å²) in [5, 5.41) is 11.5. The van der Waals surface area contributed by atoms with Crippen LogP contribution in [-0.2, 0) is 16.6 Å². The van der Waals surface area contributed by atoms with E-state index in [-0.39, 0.29) is 22.9 Å². The molecular formula is C16H15N3O5S2. The van der Waals surface area contributed by atoms with Crippen molar-refractivity contribution in [3.8, 4) is 5.75 Å². The SMILES string of the molecule is COc1cc([N+](=O)[O-])ccc1S(=O)(=O)N(C)Cc1nc2ccccc2s1. The zero-order chi connectivity index (χ0) is 18.9. The van der Waals surface area contributed by atoms with Crippen LogP contribution < -0.4 is 4.74 Å². The van der Waals surface area contributed by atoms with Gasteiger partial charge in [-0.15, -0.1) is 11.3 Å². The van der Waals surface area contributed by atoms with Crippen molar-refractivity contribution in [1.82, 2.24) is 9.29 Å². The first kappa shape index (κ1) is 18.2. The van der Waals surface area contributed by atoms with E-state index >= 15 is 0 Å². The molecule has 0 aliphatic carbocycles. The molecule has 1 heterocycles. The van der Waals surface area contributed by atoms with Gasteiger partial charge < -0.3 is 4.74 Å². The first-order valence-corrected chi connectivity index (χ1v) is 9.72. The Morgan fingerprint density at radius 3 is 2.65 bits per heavy atom. The summed E-state index contributed by atoms with van der Waals surface area (Å²) >= 11 is 1.42. The largest absolute Gasteiger partial charge is 0.495 e. The summed E-state index contributed by atoms with van der Waals surface area (Å²) in [6, 6.07) is 11.0. The molecule has 10 heteroatoms. The Morgan fingerprint density at radius 2 is 2.00 bits per heavy atom. The van der Waals surface area contributed by atoms with Crippen LogP contribution in [0.5, 0.6) is 5.75 Å². The lowest BCUT2D eigenvalue weighted by atomic mass is 10.3. The molecule has 8 nitrogen and oxygen atoms in total. The number of thiazole rings is 1. The molecule has 0 spiro atoms. The summed E-state index contributed by atoms with van der Waals surface area (Å²) in [7, 11) is -1.21. The highest BCUT2D eigenvalue weighted by Crippen LogP contribution is 2.31. The second-order valence-corrected chi connectivity index (χ2v) is 8.56. The second kappa shape index (κ2) is 6.98. The maximum Gasteiger partial charge on any atom is 0.273 e. The molecule has 0 atom stereocenters. The summed E-state index contributed by atoms with van der Waals surface area (Å²) in [6.45, 7) is 0.0851. The van der Waals surface area contributed by atoms with Crippen LogP contribution in [0.25, 0.3) is 10.2 Å². The van der Waals surface area contributed by atoms with Crippen LogP contribution in [-0.4, -0.2) is 36.8 Å². The number of non-ortho nitro benzene ring substituents is 1. The standard InChI is InChI=1S/C16H15N3O5S2/c1-18(10-16-17-12-5-3-4-6-14(12)25-16)26(22,23)15-8-7-11(19(20)21)9-13(15)24-2/h3-9H,10H2,1-2H3. The first-order chi connectivity index (χ1) is 12.3. The molecule has 3 aromatic rings. The Labute approximate surface area is 153 Å². The third kappa shape index (κ3) is 3.39. The first-order valence-electron chi connectivity index (χ1n) is 7.46. The van der Waals surface area contributed by atoms with Crippen molar-refractivity contribution >= 4 is 37.3 Å². The lowest BCUT2D eigenvalue weighted by Gasteiger charge is -2.17. The minimum atomic E-state index is -3.91. The van der Waals surface area contributed by atoms with Crippen LogP contribution in [0, 0.1) is 10.1 Å². The van der Waals surface area contributed by atoms with E-state index in [9.17, 15) is 18.5 Å². The van der Waals surface area contributed by atoms with Crippen molar-refractivity contribution in [2.45, 2.75) is 11.4 Å². The lowest BCUT2D eigenvalue weighted by molar-refractivity contribution is -0.385. The van der Waals surface area contributed by atoms with Gasteiger partial charge in [-0.3, -0.25) is 10.1 Å². The molecule has 26 heavy (non-hydrogen) atoms. The molecular weight excluding hydrogens is 378 g/mol. The van der Waals surface area contributed by atoms with Gasteiger partial charge in [0.05, 0.1) is 34.9 Å². The van der Waals surface area contributed by atoms with Gasteiger partial charge in [-0.2, -0.15) is 4.31 Å². The molecule has 1 aromatic heterocycles. The predicted molar refractivity (Wildman–Crippen MR) is 97.9 cm³/mol. The number of hydrogen-bond acceptors (Lipinski definition) is 7. The maximum atomic E-state index is 12.9. The Morgan fingerprint density at radius 1 is 1.27 bits per heavy atom. The molecule has 0 aliphatic rings. The van der Waals surface area contributed by atoms with Crippen molar-refractivity contribution < 1.29 is 18.1 Å². The van der Waals surface area contributed by atoms with E-state index < -0.39 is 14.9 Å². The van der Waals surface area contributed by atoms with Crippen LogP contribution in [0.2, 0.25) is 0 Å². The molecule has 0 N–H and O–H groups in total. The maximum absolute atomic E-state index is 12.9. The molecule has 0 radical (unpaired) electrons. The van der Waals surface area contributed by atoms with Gasteiger partial charge in [0.1, 0.15) is 15.7 Å². The smallest absolute Gasteiger partial charge is 0.273 e. The van der Waals surface area contributed by atoms with Crippen LogP contribution in [0.3, 0.4) is 0 Å². The minimum absolute atomic E-state index is 0.0738. The van der Waals surface area contributed by atoms with Gasteiger partial charge >= 0.3 is 0 Å². The molecule has 2 aromatic carbocycles. The number of rotatable bonds is 6. The number of fused-ring (bicyclic) bond motifs is 1. The van der Waals surface area contributed by atoms with Crippen LogP contribution in [0.15, 0.2) is 47.4 Å². The molecule has 0 amide bonds. The van der Waals surface area contributed by atoms with Gasteiger partial charge in [0.15, 0.2) is 0 Å². The molecule has 0 unspecified atom stereocenters. The number of sulfonamides is 1. The Hall–Kier alpha value is -2.56. The number of benzene rings is 2. The van der Waals surface area contributed by atoms with Gasteiger partial charge in [-0.25, -0.2) is 13.4 Å². The van der Waals surface area contributed by atoms with Gasteiger partial charge in [-0.1, -0.05) is 12.1 Å². The van der Waals surface area contributed by atoms with E-state index in [4.69, 9.17) is 4.74 Å². The fourth-order valence-corrected chi connectivity index (χ4v) is 4.78. The summed E-state index contributed by atoms with van der Waals surface area (Å²) in [5.41, 5.74) is 0.570. The summed E-state index contributed by atoms with van der Waals surface area (Å²) in [4.78, 5) is 14.6. The van der Waals surface area contributed by atoms with Crippen molar-refractivity contribution in [2.24, 2.45) is 0 Å². The third-order valence-electron chi connectivity index (χ3n) is 3.74. The van der Waals surface area contributed by atoms with E-state index in [2.05, 4.69) is 4.98 Å². The van der Waals surface area contributed by atoms with Gasteiger partial charge in [0.2, 0.25) is 10.0 Å². The van der Waals surface area contributed by atoms with Crippen LogP contribution >= 0.6 is 11.3 Å². The molecule has 0 saturated carbocycles. The lowest BCUT2D eigenvalue weighted by Crippen LogP contribution is -2.26. The highest BCUT2D eigenvalue weighted by molar-refractivity contribution is 7.89. The molecule has 136 valence electrons. The monoisotopic (exact) mass is 393 g/mol. The summed E-state index contributed by atoms with van der Waals surface area (Å²) in [6.07, 6.45) is 0. The number of nitro groups is 1. The van der Waals surface area contributed by atoms with Crippen LogP contribution in [0.4, 0.5) is 5.69 Å². The Bertz CT molecular complexity index is 1050. The Kier molecular flexibility index (Phi) is 4.90. The average molecular weight is 393 g/mol. The van der Waals surface area contributed by atoms with E-state index in [0.717, 1.165) is 26.7 Å². The molecule has 3 rings (SSSR count). The summed E-state index contributed by atoms with van der Waals surface area (Å²) < 4.78 is 32.9. The molecule has 0 saturated heterocycles. The Balaban J connectivity index is 1.92.